The van der Waals surface area contributed by atoms with Crippen LogP contribution in [-0.4, -0.2) is 25.8 Å². The summed E-state index contributed by atoms with van der Waals surface area (Å²) in [6.07, 6.45) is 2.40. The molecule has 1 aromatic rings. The minimum atomic E-state index is 0.342. The van der Waals surface area contributed by atoms with Gasteiger partial charge in [-0.1, -0.05) is 6.07 Å². The fourth-order valence-electron chi connectivity index (χ4n) is 1.88. The molecule has 0 amide bonds. The van der Waals surface area contributed by atoms with E-state index in [4.69, 9.17) is 10.5 Å². The Bertz CT molecular complexity index is 351. The van der Waals surface area contributed by atoms with Crippen LogP contribution in [0.1, 0.15) is 12.0 Å². The number of nitrogens with one attached hydrogen (secondary N) is 1. The number of aryl methyl sites for hydroxylation is 1. The van der Waals surface area contributed by atoms with Crippen LogP contribution in [-0.2, 0) is 11.2 Å². The van der Waals surface area contributed by atoms with Gasteiger partial charge in [0, 0.05) is 23.7 Å². The normalized spacial score (nSPS) is 20.9. The summed E-state index contributed by atoms with van der Waals surface area (Å²) in [6.45, 7) is 2.76. The molecule has 1 saturated heterocycles. The van der Waals surface area contributed by atoms with E-state index in [0.717, 1.165) is 43.1 Å². The molecule has 3 N–H and O–H groups in total. The minimum Gasteiger partial charge on any atom is -0.398 e. The lowest BCUT2D eigenvalue weighted by Crippen LogP contribution is -2.38. The number of nitrogen functional groups attached to an aromatic ring is 1. The largest absolute Gasteiger partial charge is 0.398 e. The molecule has 0 aliphatic carbocycles. The van der Waals surface area contributed by atoms with Crippen LogP contribution < -0.4 is 11.1 Å². The van der Waals surface area contributed by atoms with Crippen molar-refractivity contribution in [3.8, 4) is 0 Å². The Hall–Kier alpha value is -0.710. The summed E-state index contributed by atoms with van der Waals surface area (Å²) in [6, 6.07) is 6.01. The molecule has 1 atom stereocenters. The van der Waals surface area contributed by atoms with Crippen LogP contribution in [0.5, 0.6) is 0 Å². The molecule has 1 aliphatic heterocycles. The van der Waals surface area contributed by atoms with E-state index >= 15 is 0 Å². The molecule has 1 fully saturated rings. The summed E-state index contributed by atoms with van der Waals surface area (Å²) in [5, 5.41) is 3.33. The molecule has 88 valence electrons. The molecule has 1 unspecified atom stereocenters. The van der Waals surface area contributed by atoms with Crippen molar-refractivity contribution in [1.82, 2.24) is 5.32 Å². The van der Waals surface area contributed by atoms with E-state index in [0.29, 0.717) is 6.10 Å². The van der Waals surface area contributed by atoms with Gasteiger partial charge in [-0.3, -0.25) is 0 Å². The predicted octanol–water partition coefficient (Wildman–Crippen LogP) is 1.48. The minimum absolute atomic E-state index is 0.342. The Kier molecular flexibility index (Phi) is 4.09. The third kappa shape index (κ3) is 3.14. The quantitative estimate of drug-likeness (QED) is 0.552. The van der Waals surface area contributed by atoms with Crippen LogP contribution in [0.3, 0.4) is 0 Å². The summed E-state index contributed by atoms with van der Waals surface area (Å²) in [5.74, 6) is 0. The van der Waals surface area contributed by atoms with Gasteiger partial charge in [-0.2, -0.15) is 0 Å². The molecule has 1 aromatic carbocycles. The SMILES string of the molecule is Nc1ccc(CCC2CNCCO2)cc1S. The van der Waals surface area contributed by atoms with Crippen LogP contribution in [0.25, 0.3) is 0 Å². The second kappa shape index (κ2) is 5.57. The van der Waals surface area contributed by atoms with E-state index in [1.54, 1.807) is 0 Å². The first kappa shape index (κ1) is 11.8. The third-order valence-corrected chi connectivity index (χ3v) is 3.24. The van der Waals surface area contributed by atoms with Crippen molar-refractivity contribution in [3.63, 3.8) is 0 Å². The first-order chi connectivity index (χ1) is 7.75. The highest BCUT2D eigenvalue weighted by Gasteiger charge is 2.12. The lowest BCUT2D eigenvalue weighted by molar-refractivity contribution is 0.0238. The lowest BCUT2D eigenvalue weighted by atomic mass is 10.1. The number of benzene rings is 1. The van der Waals surface area contributed by atoms with Gasteiger partial charge in [-0.25, -0.2) is 0 Å². The average molecular weight is 238 g/mol. The molecule has 0 saturated carbocycles. The van der Waals surface area contributed by atoms with Gasteiger partial charge < -0.3 is 15.8 Å². The Morgan fingerprint density at radius 3 is 3.06 bits per heavy atom. The monoisotopic (exact) mass is 238 g/mol. The maximum atomic E-state index is 5.72. The third-order valence-electron chi connectivity index (χ3n) is 2.85. The number of thiol groups is 1. The Labute approximate surface area is 102 Å². The van der Waals surface area contributed by atoms with Crippen molar-refractivity contribution in [2.24, 2.45) is 0 Å². The predicted molar refractivity (Wildman–Crippen MR) is 69.0 cm³/mol. The highest BCUT2D eigenvalue weighted by atomic mass is 32.1. The zero-order valence-corrected chi connectivity index (χ0v) is 10.2. The van der Waals surface area contributed by atoms with Gasteiger partial charge >= 0.3 is 0 Å². The summed E-state index contributed by atoms with van der Waals surface area (Å²) in [7, 11) is 0. The molecule has 0 aromatic heterocycles. The van der Waals surface area contributed by atoms with E-state index in [9.17, 15) is 0 Å². The van der Waals surface area contributed by atoms with Gasteiger partial charge in [0.25, 0.3) is 0 Å². The van der Waals surface area contributed by atoms with Crippen LogP contribution >= 0.6 is 12.6 Å². The number of hydrogen-bond donors (Lipinski definition) is 3. The molecule has 2 rings (SSSR count). The second-order valence-corrected chi connectivity index (χ2v) is 4.61. The number of nitrogens with two attached hydrogens (primary N) is 1. The molecule has 16 heavy (non-hydrogen) atoms. The van der Waals surface area contributed by atoms with Crippen LogP contribution in [0.15, 0.2) is 23.1 Å². The number of rotatable bonds is 3. The maximum Gasteiger partial charge on any atom is 0.0703 e. The highest BCUT2D eigenvalue weighted by Crippen LogP contribution is 2.19. The van der Waals surface area contributed by atoms with Gasteiger partial charge in [-0.15, -0.1) is 12.6 Å². The number of anilines is 1. The van der Waals surface area contributed by atoms with Gasteiger partial charge in [0.05, 0.1) is 12.7 Å². The van der Waals surface area contributed by atoms with Gasteiger partial charge in [0.15, 0.2) is 0 Å². The van der Waals surface area contributed by atoms with Crippen molar-refractivity contribution in [3.05, 3.63) is 23.8 Å². The van der Waals surface area contributed by atoms with E-state index in [1.165, 1.54) is 5.56 Å². The Morgan fingerprint density at radius 1 is 1.50 bits per heavy atom. The van der Waals surface area contributed by atoms with Crippen LogP contribution in [0.2, 0.25) is 0 Å². The Morgan fingerprint density at radius 2 is 2.38 bits per heavy atom. The number of hydrogen-bond acceptors (Lipinski definition) is 4. The topological polar surface area (TPSA) is 47.3 Å². The number of ether oxygens (including phenoxy) is 1. The molecule has 4 heteroatoms. The molecular formula is C12H18N2OS. The lowest BCUT2D eigenvalue weighted by Gasteiger charge is -2.23. The summed E-state index contributed by atoms with van der Waals surface area (Å²) in [5.41, 5.74) is 7.73. The molecule has 1 heterocycles. The number of morpholine rings is 1. The molecule has 0 radical (unpaired) electrons. The molecule has 0 spiro atoms. The standard InChI is InChI=1S/C12H18N2OS/c13-11-4-2-9(7-12(11)16)1-3-10-8-14-5-6-15-10/h2,4,7,10,14,16H,1,3,5-6,8,13H2. The van der Waals surface area contributed by atoms with Crippen LogP contribution in [0, 0.1) is 0 Å². The van der Waals surface area contributed by atoms with Gasteiger partial charge in [0.2, 0.25) is 0 Å². The highest BCUT2D eigenvalue weighted by molar-refractivity contribution is 7.80. The van der Waals surface area contributed by atoms with Gasteiger partial charge in [-0.05, 0) is 30.5 Å². The fraction of sp³-hybridized carbons (Fsp3) is 0.500. The van der Waals surface area contributed by atoms with Gasteiger partial charge in [0.1, 0.15) is 0 Å². The summed E-state index contributed by atoms with van der Waals surface area (Å²) >= 11 is 4.32. The van der Waals surface area contributed by atoms with E-state index in [-0.39, 0.29) is 0 Å². The molecule has 0 bridgehead atoms. The second-order valence-electron chi connectivity index (χ2n) is 4.13. The van der Waals surface area contributed by atoms with Crippen molar-refractivity contribution >= 4 is 18.3 Å². The maximum absolute atomic E-state index is 5.72. The first-order valence-corrected chi connectivity index (χ1v) is 6.10. The van der Waals surface area contributed by atoms with E-state index in [2.05, 4.69) is 24.0 Å². The summed E-state index contributed by atoms with van der Waals surface area (Å²) < 4.78 is 5.65. The van der Waals surface area contributed by atoms with Crippen molar-refractivity contribution < 1.29 is 4.74 Å². The van der Waals surface area contributed by atoms with Crippen molar-refractivity contribution in [2.45, 2.75) is 23.8 Å². The zero-order chi connectivity index (χ0) is 11.4. The molecule has 3 nitrogen and oxygen atoms in total. The smallest absolute Gasteiger partial charge is 0.0703 e. The van der Waals surface area contributed by atoms with Crippen molar-refractivity contribution in [2.75, 3.05) is 25.4 Å². The summed E-state index contributed by atoms with van der Waals surface area (Å²) in [4.78, 5) is 0.861. The van der Waals surface area contributed by atoms with E-state index < -0.39 is 0 Å². The van der Waals surface area contributed by atoms with Crippen LogP contribution in [0.4, 0.5) is 5.69 Å². The molecular weight excluding hydrogens is 220 g/mol. The van der Waals surface area contributed by atoms with E-state index in [1.807, 2.05) is 12.1 Å². The Balaban J connectivity index is 1.86. The fourth-order valence-corrected chi connectivity index (χ4v) is 2.12. The van der Waals surface area contributed by atoms with Crippen molar-refractivity contribution in [1.29, 1.82) is 0 Å². The zero-order valence-electron chi connectivity index (χ0n) is 9.28. The molecule has 1 aliphatic rings. The average Bonchev–Trinajstić information content (AvgIpc) is 2.32. The first-order valence-electron chi connectivity index (χ1n) is 5.65.